The summed E-state index contributed by atoms with van der Waals surface area (Å²) < 4.78 is 0. The van der Waals surface area contributed by atoms with Crippen LogP contribution in [0.3, 0.4) is 0 Å². The fourth-order valence-corrected chi connectivity index (χ4v) is 1.01. The average molecular weight is 223 g/mol. The molecule has 0 aliphatic carbocycles. The van der Waals surface area contributed by atoms with E-state index in [1.54, 1.807) is 0 Å². The zero-order chi connectivity index (χ0) is 12.6. The van der Waals surface area contributed by atoms with Crippen LogP contribution in [0.2, 0.25) is 0 Å². The first kappa shape index (κ1) is 14.3. The standard InChI is InChI=1S/C10H13NO.C2H4O2/c1-8(12)10(11)7-9-5-3-2-4-6-9;1-2(3)4/h2-6,10H,7,11H2,1H3;1H3,(H,3,4). The highest BCUT2D eigenvalue weighted by atomic mass is 16.4. The number of nitrogens with two attached hydrogens (primary N) is 1. The van der Waals surface area contributed by atoms with Crippen LogP contribution in [-0.2, 0) is 16.0 Å². The number of ketones is 1. The lowest BCUT2D eigenvalue weighted by molar-refractivity contribution is -0.134. The van der Waals surface area contributed by atoms with Crippen molar-refractivity contribution < 1.29 is 14.7 Å². The topological polar surface area (TPSA) is 80.4 Å². The van der Waals surface area contributed by atoms with E-state index in [1.807, 2.05) is 30.3 Å². The van der Waals surface area contributed by atoms with Crippen molar-refractivity contribution in [2.75, 3.05) is 0 Å². The van der Waals surface area contributed by atoms with E-state index in [1.165, 1.54) is 6.92 Å². The fourth-order valence-electron chi connectivity index (χ4n) is 1.01. The van der Waals surface area contributed by atoms with Crippen molar-refractivity contribution in [2.24, 2.45) is 5.73 Å². The van der Waals surface area contributed by atoms with Gasteiger partial charge in [0.1, 0.15) is 5.78 Å². The van der Waals surface area contributed by atoms with Gasteiger partial charge in [0.2, 0.25) is 0 Å². The molecule has 16 heavy (non-hydrogen) atoms. The van der Waals surface area contributed by atoms with Crippen LogP contribution in [-0.4, -0.2) is 22.9 Å². The molecule has 1 unspecified atom stereocenters. The molecular formula is C12H17NO3. The second-order valence-corrected chi connectivity index (χ2v) is 3.43. The van der Waals surface area contributed by atoms with Crippen LogP contribution in [0.1, 0.15) is 19.4 Å². The van der Waals surface area contributed by atoms with Gasteiger partial charge in [-0.2, -0.15) is 0 Å². The van der Waals surface area contributed by atoms with Crippen LogP contribution in [0.15, 0.2) is 30.3 Å². The van der Waals surface area contributed by atoms with Gasteiger partial charge in [0.05, 0.1) is 6.04 Å². The normalized spacial score (nSPS) is 10.9. The van der Waals surface area contributed by atoms with Crippen molar-refractivity contribution in [3.8, 4) is 0 Å². The molecule has 0 radical (unpaired) electrons. The molecule has 3 N–H and O–H groups in total. The summed E-state index contributed by atoms with van der Waals surface area (Å²) in [6, 6.07) is 9.44. The third-order valence-electron chi connectivity index (χ3n) is 1.82. The maximum atomic E-state index is 10.8. The predicted molar refractivity (Wildman–Crippen MR) is 62.1 cm³/mol. The Hall–Kier alpha value is -1.68. The zero-order valence-corrected chi connectivity index (χ0v) is 9.51. The molecule has 0 saturated heterocycles. The molecule has 0 bridgehead atoms. The number of hydrogen-bond acceptors (Lipinski definition) is 3. The molecule has 1 aromatic carbocycles. The van der Waals surface area contributed by atoms with Crippen molar-refractivity contribution in [1.82, 2.24) is 0 Å². The van der Waals surface area contributed by atoms with Gasteiger partial charge in [-0.15, -0.1) is 0 Å². The van der Waals surface area contributed by atoms with Crippen LogP contribution in [0.4, 0.5) is 0 Å². The van der Waals surface area contributed by atoms with Crippen molar-refractivity contribution in [2.45, 2.75) is 26.3 Å². The molecule has 1 atom stereocenters. The van der Waals surface area contributed by atoms with E-state index in [0.29, 0.717) is 6.42 Å². The van der Waals surface area contributed by atoms with Crippen molar-refractivity contribution in [3.05, 3.63) is 35.9 Å². The minimum atomic E-state index is -0.833. The predicted octanol–water partition coefficient (Wildman–Crippen LogP) is 1.24. The summed E-state index contributed by atoms with van der Waals surface area (Å²) in [5.41, 5.74) is 6.71. The average Bonchev–Trinajstić information content (AvgIpc) is 2.18. The van der Waals surface area contributed by atoms with Gasteiger partial charge in [-0.25, -0.2) is 0 Å². The number of carboxylic acid groups (broad SMARTS) is 1. The number of rotatable bonds is 3. The number of carbonyl (C=O) groups excluding carboxylic acids is 1. The summed E-state index contributed by atoms with van der Waals surface area (Å²) in [6.45, 7) is 2.60. The highest BCUT2D eigenvalue weighted by Crippen LogP contribution is 2.01. The molecule has 4 nitrogen and oxygen atoms in total. The lowest BCUT2D eigenvalue weighted by Gasteiger charge is -2.06. The third kappa shape index (κ3) is 7.70. The fraction of sp³-hybridized carbons (Fsp3) is 0.333. The Kier molecular flexibility index (Phi) is 6.79. The zero-order valence-electron chi connectivity index (χ0n) is 9.51. The Morgan fingerprint density at radius 2 is 1.69 bits per heavy atom. The number of benzene rings is 1. The molecule has 0 aliphatic rings. The first-order valence-electron chi connectivity index (χ1n) is 4.93. The lowest BCUT2D eigenvalue weighted by Crippen LogP contribution is -2.30. The second kappa shape index (κ2) is 7.59. The molecular weight excluding hydrogens is 206 g/mol. The van der Waals surface area contributed by atoms with Crippen molar-refractivity contribution in [3.63, 3.8) is 0 Å². The van der Waals surface area contributed by atoms with Gasteiger partial charge in [-0.3, -0.25) is 9.59 Å². The summed E-state index contributed by atoms with van der Waals surface area (Å²) in [7, 11) is 0. The number of carbonyl (C=O) groups is 2. The van der Waals surface area contributed by atoms with E-state index in [2.05, 4.69) is 0 Å². The number of hydrogen-bond donors (Lipinski definition) is 2. The number of Topliss-reactive ketones (excluding diaryl/α,β-unsaturated/α-hetero) is 1. The highest BCUT2D eigenvalue weighted by molar-refractivity contribution is 5.81. The van der Waals surface area contributed by atoms with E-state index in [0.717, 1.165) is 12.5 Å². The Balaban J connectivity index is 0.000000487. The van der Waals surface area contributed by atoms with Crippen LogP contribution in [0.5, 0.6) is 0 Å². The Morgan fingerprint density at radius 1 is 1.25 bits per heavy atom. The SMILES string of the molecule is CC(=O)C(N)Cc1ccccc1.CC(=O)O. The summed E-state index contributed by atoms with van der Waals surface area (Å²) in [6.07, 6.45) is 0.635. The molecule has 0 aromatic heterocycles. The summed E-state index contributed by atoms with van der Waals surface area (Å²) in [5.74, 6) is -0.793. The van der Waals surface area contributed by atoms with E-state index >= 15 is 0 Å². The molecule has 4 heteroatoms. The van der Waals surface area contributed by atoms with E-state index in [4.69, 9.17) is 15.6 Å². The molecule has 0 amide bonds. The molecule has 0 spiro atoms. The van der Waals surface area contributed by atoms with Crippen molar-refractivity contribution in [1.29, 1.82) is 0 Å². The number of aliphatic carboxylic acids is 1. The maximum absolute atomic E-state index is 10.8. The smallest absolute Gasteiger partial charge is 0.300 e. The van der Waals surface area contributed by atoms with Gasteiger partial charge >= 0.3 is 0 Å². The molecule has 1 rings (SSSR count). The molecule has 88 valence electrons. The third-order valence-corrected chi connectivity index (χ3v) is 1.82. The number of carboxylic acids is 1. The van der Waals surface area contributed by atoms with Crippen LogP contribution < -0.4 is 5.73 Å². The Bertz CT molecular complexity index is 331. The Labute approximate surface area is 95.1 Å². The van der Waals surface area contributed by atoms with Crippen LogP contribution >= 0.6 is 0 Å². The lowest BCUT2D eigenvalue weighted by atomic mass is 10.0. The van der Waals surface area contributed by atoms with Gasteiger partial charge in [0.25, 0.3) is 5.97 Å². The van der Waals surface area contributed by atoms with Gasteiger partial charge in [-0.1, -0.05) is 30.3 Å². The summed E-state index contributed by atoms with van der Waals surface area (Å²) in [5, 5.41) is 7.42. The first-order valence-corrected chi connectivity index (χ1v) is 4.93. The van der Waals surface area contributed by atoms with E-state index in [-0.39, 0.29) is 11.8 Å². The minimum Gasteiger partial charge on any atom is -0.481 e. The Morgan fingerprint density at radius 3 is 2.06 bits per heavy atom. The van der Waals surface area contributed by atoms with E-state index in [9.17, 15) is 4.79 Å². The molecule has 1 aromatic rings. The molecule has 0 fully saturated rings. The van der Waals surface area contributed by atoms with Gasteiger partial charge < -0.3 is 10.8 Å². The van der Waals surface area contributed by atoms with Crippen molar-refractivity contribution >= 4 is 11.8 Å². The monoisotopic (exact) mass is 223 g/mol. The minimum absolute atomic E-state index is 0.0406. The van der Waals surface area contributed by atoms with E-state index < -0.39 is 5.97 Å². The maximum Gasteiger partial charge on any atom is 0.300 e. The largest absolute Gasteiger partial charge is 0.481 e. The highest BCUT2D eigenvalue weighted by Gasteiger charge is 2.07. The van der Waals surface area contributed by atoms with Gasteiger partial charge in [0, 0.05) is 6.92 Å². The molecule has 0 saturated carbocycles. The van der Waals surface area contributed by atoms with Gasteiger partial charge in [0.15, 0.2) is 0 Å². The molecule has 0 aliphatic heterocycles. The summed E-state index contributed by atoms with van der Waals surface area (Å²) >= 11 is 0. The van der Waals surface area contributed by atoms with Crippen LogP contribution in [0, 0.1) is 0 Å². The first-order chi connectivity index (χ1) is 7.43. The second-order valence-electron chi connectivity index (χ2n) is 3.43. The van der Waals surface area contributed by atoms with Gasteiger partial charge in [-0.05, 0) is 18.9 Å². The van der Waals surface area contributed by atoms with Crippen LogP contribution in [0.25, 0.3) is 0 Å². The quantitative estimate of drug-likeness (QED) is 0.807. The summed E-state index contributed by atoms with van der Waals surface area (Å²) in [4.78, 5) is 19.8. The molecule has 0 heterocycles.